The zero-order chi connectivity index (χ0) is 22.7. The normalized spacial score (nSPS) is 10.5. The smallest absolute Gasteiger partial charge is 0.274 e. The minimum atomic E-state index is -0.625. The van der Waals surface area contributed by atoms with Crippen molar-refractivity contribution in [3.8, 4) is 5.82 Å². The molecule has 0 aliphatic heterocycles. The number of hydrogen-bond acceptors (Lipinski definition) is 5. The molecule has 11 heteroatoms. The van der Waals surface area contributed by atoms with Gasteiger partial charge in [-0.3, -0.25) is 14.4 Å². The Morgan fingerprint density at radius 3 is 2.35 bits per heavy atom. The number of rotatable bonds is 5. The van der Waals surface area contributed by atoms with Crippen LogP contribution in [0.3, 0.4) is 0 Å². The zero-order valence-corrected chi connectivity index (χ0v) is 18.3. The van der Waals surface area contributed by atoms with E-state index in [0.717, 1.165) is 0 Å². The van der Waals surface area contributed by atoms with Crippen LogP contribution in [0.2, 0.25) is 10.0 Å². The molecular weight excluding hydrogens is 443 g/mol. The Morgan fingerprint density at radius 2 is 1.71 bits per heavy atom. The first kappa shape index (κ1) is 22.3. The summed E-state index contributed by atoms with van der Waals surface area (Å²) in [6.45, 7) is 1.71. The second-order valence-corrected chi connectivity index (χ2v) is 7.24. The van der Waals surface area contributed by atoms with Gasteiger partial charge in [0, 0.05) is 31.4 Å². The molecule has 2 heterocycles. The lowest BCUT2D eigenvalue weighted by atomic mass is 10.1. The number of amides is 3. The molecule has 1 aromatic carbocycles. The predicted molar refractivity (Wildman–Crippen MR) is 117 cm³/mol. The topological polar surface area (TPSA) is 118 Å². The van der Waals surface area contributed by atoms with E-state index in [0.29, 0.717) is 10.6 Å². The lowest BCUT2D eigenvalue weighted by molar-refractivity contribution is 0.0951. The molecule has 0 spiro atoms. The first-order chi connectivity index (χ1) is 14.8. The molecule has 2 aromatic heterocycles. The fourth-order valence-electron chi connectivity index (χ4n) is 2.88. The van der Waals surface area contributed by atoms with Gasteiger partial charge in [-0.15, -0.1) is 0 Å². The summed E-state index contributed by atoms with van der Waals surface area (Å²) >= 11 is 12.3. The summed E-state index contributed by atoms with van der Waals surface area (Å²) in [5, 5.41) is 12.4. The fourth-order valence-corrected chi connectivity index (χ4v) is 3.35. The molecule has 0 unspecified atom stereocenters. The number of benzene rings is 1. The first-order valence-corrected chi connectivity index (χ1v) is 9.79. The quantitative estimate of drug-likeness (QED) is 0.540. The highest BCUT2D eigenvalue weighted by atomic mass is 35.5. The molecule has 31 heavy (non-hydrogen) atoms. The van der Waals surface area contributed by atoms with E-state index in [1.807, 2.05) is 0 Å². The summed E-state index contributed by atoms with van der Waals surface area (Å²) in [5.41, 5.74) is 1.03. The van der Waals surface area contributed by atoms with Crippen molar-refractivity contribution in [2.24, 2.45) is 0 Å². The summed E-state index contributed by atoms with van der Waals surface area (Å²) in [4.78, 5) is 41.8. The molecule has 160 valence electrons. The Morgan fingerprint density at radius 1 is 1.00 bits per heavy atom. The van der Waals surface area contributed by atoms with E-state index in [-0.39, 0.29) is 33.5 Å². The Kier molecular flexibility index (Phi) is 6.57. The number of halogens is 2. The molecule has 0 aliphatic rings. The van der Waals surface area contributed by atoms with Gasteiger partial charge in [-0.05, 0) is 36.8 Å². The van der Waals surface area contributed by atoms with Crippen LogP contribution in [0.15, 0.2) is 36.5 Å². The minimum absolute atomic E-state index is 0.00333. The molecule has 3 rings (SSSR count). The van der Waals surface area contributed by atoms with Gasteiger partial charge < -0.3 is 16.0 Å². The van der Waals surface area contributed by atoms with E-state index in [9.17, 15) is 14.4 Å². The number of hydrogen-bond donors (Lipinski definition) is 3. The molecule has 3 N–H and O–H groups in total. The van der Waals surface area contributed by atoms with E-state index in [1.165, 1.54) is 37.1 Å². The van der Waals surface area contributed by atoms with Crippen LogP contribution in [-0.4, -0.2) is 46.6 Å². The molecule has 0 fully saturated rings. The van der Waals surface area contributed by atoms with Crippen LogP contribution in [0.1, 0.15) is 36.9 Å². The average Bonchev–Trinajstić information content (AvgIpc) is 3.19. The highest BCUT2D eigenvalue weighted by Gasteiger charge is 2.24. The van der Waals surface area contributed by atoms with E-state index in [1.54, 1.807) is 25.1 Å². The van der Waals surface area contributed by atoms with Crippen molar-refractivity contribution >= 4 is 46.6 Å². The largest absolute Gasteiger partial charge is 0.355 e. The summed E-state index contributed by atoms with van der Waals surface area (Å²) in [6, 6.07) is 7.59. The number of nitrogens with one attached hydrogen (secondary N) is 3. The number of anilines is 1. The van der Waals surface area contributed by atoms with Crippen molar-refractivity contribution in [2.75, 3.05) is 19.4 Å². The first-order valence-electron chi connectivity index (χ1n) is 9.03. The molecule has 9 nitrogen and oxygen atoms in total. The summed E-state index contributed by atoms with van der Waals surface area (Å²) in [5.74, 6) is -1.37. The van der Waals surface area contributed by atoms with Crippen molar-refractivity contribution in [3.63, 3.8) is 0 Å². The maximum atomic E-state index is 13.2. The Labute approximate surface area is 187 Å². The van der Waals surface area contributed by atoms with Crippen molar-refractivity contribution in [1.82, 2.24) is 25.4 Å². The van der Waals surface area contributed by atoms with E-state index in [2.05, 4.69) is 26.0 Å². The Bertz CT molecular complexity index is 1190. The number of carbonyl (C=O) groups is 3. The number of carbonyl (C=O) groups excluding carboxylic acids is 3. The predicted octanol–water partition coefficient (Wildman–Crippen LogP) is 2.85. The zero-order valence-electron chi connectivity index (χ0n) is 16.8. The third-order valence-corrected chi connectivity index (χ3v) is 4.87. The van der Waals surface area contributed by atoms with Gasteiger partial charge in [-0.1, -0.05) is 23.2 Å². The second kappa shape index (κ2) is 9.15. The number of aryl methyl sites for hydroxylation is 1. The number of nitrogens with zero attached hydrogens (tertiary/aromatic N) is 3. The molecule has 0 radical (unpaired) electrons. The van der Waals surface area contributed by atoms with Gasteiger partial charge in [-0.25, -0.2) is 9.67 Å². The minimum Gasteiger partial charge on any atom is -0.355 e. The maximum absolute atomic E-state index is 13.2. The molecule has 0 aliphatic carbocycles. The van der Waals surface area contributed by atoms with Gasteiger partial charge in [-0.2, -0.15) is 5.10 Å². The Hall–Kier alpha value is -3.43. The van der Waals surface area contributed by atoms with Gasteiger partial charge in [0.15, 0.2) is 11.5 Å². The highest BCUT2D eigenvalue weighted by Crippen LogP contribution is 2.27. The van der Waals surface area contributed by atoms with Gasteiger partial charge >= 0.3 is 0 Å². The van der Waals surface area contributed by atoms with Crippen molar-refractivity contribution in [2.45, 2.75) is 6.92 Å². The average molecular weight is 461 g/mol. The van der Waals surface area contributed by atoms with Crippen LogP contribution in [0.5, 0.6) is 0 Å². The van der Waals surface area contributed by atoms with Gasteiger partial charge in [0.1, 0.15) is 5.69 Å². The summed E-state index contributed by atoms with van der Waals surface area (Å²) in [6.07, 6.45) is 1.48. The Balaban J connectivity index is 2.11. The molecular formula is C20H18Cl2N6O3. The number of pyridine rings is 1. The summed E-state index contributed by atoms with van der Waals surface area (Å²) < 4.78 is 1.17. The van der Waals surface area contributed by atoms with E-state index < -0.39 is 17.7 Å². The maximum Gasteiger partial charge on any atom is 0.274 e. The van der Waals surface area contributed by atoms with Crippen LogP contribution < -0.4 is 16.0 Å². The fraction of sp³-hybridized carbons (Fsp3) is 0.150. The monoisotopic (exact) mass is 460 g/mol. The van der Waals surface area contributed by atoms with Crippen molar-refractivity contribution < 1.29 is 14.4 Å². The van der Waals surface area contributed by atoms with E-state index in [4.69, 9.17) is 23.2 Å². The number of aromatic nitrogens is 3. The van der Waals surface area contributed by atoms with E-state index >= 15 is 0 Å². The molecule has 3 amide bonds. The van der Waals surface area contributed by atoms with Crippen LogP contribution in [0.25, 0.3) is 5.82 Å². The van der Waals surface area contributed by atoms with Gasteiger partial charge in [0.05, 0.1) is 16.3 Å². The molecule has 0 bridgehead atoms. The van der Waals surface area contributed by atoms with Crippen LogP contribution >= 0.6 is 23.2 Å². The molecule has 3 aromatic rings. The van der Waals surface area contributed by atoms with Crippen LogP contribution in [0, 0.1) is 6.92 Å². The van der Waals surface area contributed by atoms with Crippen LogP contribution in [0.4, 0.5) is 5.69 Å². The molecule has 0 saturated heterocycles. The summed E-state index contributed by atoms with van der Waals surface area (Å²) in [7, 11) is 2.92. The lowest BCUT2D eigenvalue weighted by Crippen LogP contribution is -2.23. The standard InChI is InChI=1S/C20H18Cl2N6O3/c1-10-7-11(21)8-12(18(29)23-2)16(10)26-20(31)15-9-14(19(30)24-3)27-28(15)17-13(22)5-4-6-25-17/h4-9H,1-3H3,(H,23,29)(H,24,30)(H,26,31). The van der Waals surface area contributed by atoms with Crippen LogP contribution in [-0.2, 0) is 0 Å². The SMILES string of the molecule is CNC(=O)c1cc(C(=O)Nc2c(C)cc(Cl)cc2C(=O)NC)n(-c2ncccc2Cl)n1. The van der Waals surface area contributed by atoms with Crippen molar-refractivity contribution in [3.05, 3.63) is 69.1 Å². The third kappa shape index (κ3) is 4.52. The third-order valence-electron chi connectivity index (χ3n) is 4.35. The highest BCUT2D eigenvalue weighted by molar-refractivity contribution is 6.32. The lowest BCUT2D eigenvalue weighted by Gasteiger charge is -2.14. The second-order valence-electron chi connectivity index (χ2n) is 6.39. The van der Waals surface area contributed by atoms with Gasteiger partial charge in [0.2, 0.25) is 0 Å². The molecule has 0 atom stereocenters. The molecule has 0 saturated carbocycles. The van der Waals surface area contributed by atoms with Gasteiger partial charge in [0.25, 0.3) is 17.7 Å². The van der Waals surface area contributed by atoms with Crippen molar-refractivity contribution in [1.29, 1.82) is 0 Å².